The van der Waals surface area contributed by atoms with Crippen LogP contribution in [0.3, 0.4) is 0 Å². The van der Waals surface area contributed by atoms with Crippen molar-refractivity contribution in [3.8, 4) is 11.5 Å². The molecule has 0 radical (unpaired) electrons. The predicted octanol–water partition coefficient (Wildman–Crippen LogP) is 1.73. The van der Waals surface area contributed by atoms with Gasteiger partial charge in [-0.2, -0.15) is 0 Å². The lowest BCUT2D eigenvalue weighted by Gasteiger charge is -2.23. The molecule has 1 aromatic heterocycles. The molecule has 2 aromatic rings. The first kappa shape index (κ1) is 17.5. The Balaban J connectivity index is 1.24. The molecular weight excluding hydrogens is 386 g/mol. The van der Waals surface area contributed by atoms with Crippen molar-refractivity contribution < 1.29 is 23.8 Å². The van der Waals surface area contributed by atoms with Gasteiger partial charge in [0.25, 0.3) is 0 Å². The third-order valence-electron chi connectivity index (χ3n) is 6.24. The molecule has 2 amide bonds. The SMILES string of the molecule is O=C(Nc1ccc2c(c1)OCO2)[C@H]1[C@@H]2C=C[C@@]3(CN(Cc4ccncc4)C(=O)[C@H]13)O2. The van der Waals surface area contributed by atoms with Crippen LogP contribution in [0, 0.1) is 11.8 Å². The topological polar surface area (TPSA) is 90.0 Å². The van der Waals surface area contributed by atoms with Crippen LogP contribution >= 0.6 is 0 Å². The molecule has 0 aliphatic carbocycles. The van der Waals surface area contributed by atoms with E-state index in [0.717, 1.165) is 5.56 Å². The highest BCUT2D eigenvalue weighted by molar-refractivity contribution is 5.99. The number of ether oxygens (including phenoxy) is 3. The van der Waals surface area contributed by atoms with Crippen LogP contribution in [0.25, 0.3) is 0 Å². The average molecular weight is 405 g/mol. The summed E-state index contributed by atoms with van der Waals surface area (Å²) >= 11 is 0. The number of carbonyl (C=O) groups is 2. The molecule has 2 fully saturated rings. The molecule has 8 nitrogen and oxygen atoms in total. The molecule has 0 unspecified atom stereocenters. The van der Waals surface area contributed by atoms with E-state index >= 15 is 0 Å². The fourth-order valence-corrected chi connectivity index (χ4v) is 4.92. The molecule has 30 heavy (non-hydrogen) atoms. The Kier molecular flexibility index (Phi) is 3.67. The zero-order valence-electron chi connectivity index (χ0n) is 16.0. The molecule has 0 saturated carbocycles. The Morgan fingerprint density at radius 2 is 2.03 bits per heavy atom. The van der Waals surface area contributed by atoms with Crippen molar-refractivity contribution in [3.05, 3.63) is 60.4 Å². The summed E-state index contributed by atoms with van der Waals surface area (Å²) in [6.07, 6.45) is 6.88. The number of carbonyl (C=O) groups excluding carboxylic acids is 2. The van der Waals surface area contributed by atoms with Crippen LogP contribution in [0.4, 0.5) is 5.69 Å². The molecule has 4 aliphatic rings. The zero-order chi connectivity index (χ0) is 20.3. The van der Waals surface area contributed by atoms with Gasteiger partial charge < -0.3 is 24.4 Å². The van der Waals surface area contributed by atoms with Gasteiger partial charge in [-0.05, 0) is 29.8 Å². The van der Waals surface area contributed by atoms with E-state index < -0.39 is 23.5 Å². The number of nitrogens with zero attached hydrogens (tertiary/aromatic N) is 2. The molecule has 8 heteroatoms. The minimum Gasteiger partial charge on any atom is -0.454 e. The fourth-order valence-electron chi connectivity index (χ4n) is 4.92. The van der Waals surface area contributed by atoms with E-state index in [1.54, 1.807) is 35.5 Å². The second kappa shape index (κ2) is 6.30. The molecule has 2 saturated heterocycles. The molecule has 1 spiro atoms. The molecule has 6 rings (SSSR count). The summed E-state index contributed by atoms with van der Waals surface area (Å²) < 4.78 is 16.9. The molecule has 5 heterocycles. The minimum atomic E-state index is -0.730. The van der Waals surface area contributed by atoms with E-state index in [-0.39, 0.29) is 18.6 Å². The predicted molar refractivity (Wildman–Crippen MR) is 105 cm³/mol. The lowest BCUT2D eigenvalue weighted by Crippen LogP contribution is -2.41. The number of aromatic nitrogens is 1. The van der Waals surface area contributed by atoms with Crippen molar-refractivity contribution in [2.24, 2.45) is 11.8 Å². The highest BCUT2D eigenvalue weighted by Crippen LogP contribution is 2.52. The second-order valence-electron chi connectivity index (χ2n) is 8.01. The van der Waals surface area contributed by atoms with E-state index in [4.69, 9.17) is 14.2 Å². The Bertz CT molecular complexity index is 1070. The molecule has 152 valence electrons. The average Bonchev–Trinajstić information content (AvgIpc) is 3.50. The number of pyridine rings is 1. The van der Waals surface area contributed by atoms with Gasteiger partial charge in [0, 0.05) is 30.7 Å². The van der Waals surface area contributed by atoms with E-state index in [0.29, 0.717) is 30.3 Å². The highest BCUT2D eigenvalue weighted by atomic mass is 16.7. The molecule has 2 bridgehead atoms. The number of amides is 2. The fraction of sp³-hybridized carbons (Fsp3) is 0.318. The van der Waals surface area contributed by atoms with Crippen LogP contribution in [0.1, 0.15) is 5.56 Å². The summed E-state index contributed by atoms with van der Waals surface area (Å²) in [6.45, 7) is 1.08. The number of hydrogen-bond donors (Lipinski definition) is 1. The molecule has 4 atom stereocenters. The largest absolute Gasteiger partial charge is 0.454 e. The number of nitrogens with one attached hydrogen (secondary N) is 1. The van der Waals surface area contributed by atoms with Crippen molar-refractivity contribution >= 4 is 17.5 Å². The van der Waals surface area contributed by atoms with Crippen molar-refractivity contribution in [2.75, 3.05) is 18.7 Å². The van der Waals surface area contributed by atoms with Crippen molar-refractivity contribution in [3.63, 3.8) is 0 Å². The zero-order valence-corrected chi connectivity index (χ0v) is 16.0. The van der Waals surface area contributed by atoms with Gasteiger partial charge in [-0.1, -0.05) is 12.2 Å². The first-order chi connectivity index (χ1) is 14.6. The summed E-state index contributed by atoms with van der Waals surface area (Å²) in [5.41, 5.74) is 0.866. The smallest absolute Gasteiger partial charge is 0.231 e. The summed E-state index contributed by atoms with van der Waals surface area (Å²) in [5, 5.41) is 2.93. The number of likely N-dealkylation sites (tertiary alicyclic amines) is 1. The van der Waals surface area contributed by atoms with Gasteiger partial charge in [0.15, 0.2) is 11.5 Å². The monoisotopic (exact) mass is 405 g/mol. The van der Waals surface area contributed by atoms with Crippen LogP contribution in [-0.4, -0.2) is 46.7 Å². The van der Waals surface area contributed by atoms with Crippen molar-refractivity contribution in [1.82, 2.24) is 9.88 Å². The summed E-state index contributed by atoms with van der Waals surface area (Å²) in [7, 11) is 0. The van der Waals surface area contributed by atoms with E-state index in [1.807, 2.05) is 24.3 Å². The molecule has 1 N–H and O–H groups in total. The standard InChI is InChI=1S/C22H19N3O5/c26-20(24-14-1-2-15-17(9-14)29-12-28-15)18-16-3-6-22(30-16)11-25(21(27)19(18)22)10-13-4-7-23-8-5-13/h1-9,16,18-19H,10-12H2,(H,24,26)/t16-,18-,19-,22-/m0/s1. The quantitative estimate of drug-likeness (QED) is 0.780. The second-order valence-corrected chi connectivity index (χ2v) is 8.01. The third kappa shape index (κ3) is 2.53. The molecule has 1 aromatic carbocycles. The Morgan fingerprint density at radius 1 is 1.20 bits per heavy atom. The van der Waals surface area contributed by atoms with Crippen LogP contribution < -0.4 is 14.8 Å². The van der Waals surface area contributed by atoms with Crippen LogP contribution in [-0.2, 0) is 20.9 Å². The van der Waals surface area contributed by atoms with E-state index in [2.05, 4.69) is 10.3 Å². The van der Waals surface area contributed by atoms with Crippen LogP contribution in [0.2, 0.25) is 0 Å². The number of fused-ring (bicyclic) bond motifs is 2. The lowest BCUT2D eigenvalue weighted by molar-refractivity contribution is -0.136. The number of benzene rings is 1. The van der Waals surface area contributed by atoms with Crippen LogP contribution in [0.5, 0.6) is 11.5 Å². The summed E-state index contributed by atoms with van der Waals surface area (Å²) in [4.78, 5) is 32.2. The van der Waals surface area contributed by atoms with Crippen LogP contribution in [0.15, 0.2) is 54.9 Å². The van der Waals surface area contributed by atoms with Gasteiger partial charge in [-0.3, -0.25) is 14.6 Å². The Morgan fingerprint density at radius 3 is 2.90 bits per heavy atom. The normalized spacial score (nSPS) is 30.1. The number of rotatable bonds is 4. The minimum absolute atomic E-state index is 0.0514. The first-order valence-electron chi connectivity index (χ1n) is 9.88. The van der Waals surface area contributed by atoms with Gasteiger partial charge in [0.05, 0.1) is 24.5 Å². The van der Waals surface area contributed by atoms with Gasteiger partial charge in [0.1, 0.15) is 5.60 Å². The Labute approximate surface area is 172 Å². The summed E-state index contributed by atoms with van der Waals surface area (Å²) in [5.74, 6) is -0.137. The summed E-state index contributed by atoms with van der Waals surface area (Å²) in [6, 6.07) is 9.02. The number of anilines is 1. The third-order valence-corrected chi connectivity index (χ3v) is 6.24. The molecule has 4 aliphatic heterocycles. The van der Waals surface area contributed by atoms with Gasteiger partial charge in [0.2, 0.25) is 18.6 Å². The van der Waals surface area contributed by atoms with E-state index in [1.165, 1.54) is 0 Å². The van der Waals surface area contributed by atoms with Gasteiger partial charge in [-0.15, -0.1) is 0 Å². The lowest BCUT2D eigenvalue weighted by atomic mass is 9.77. The number of hydrogen-bond acceptors (Lipinski definition) is 6. The van der Waals surface area contributed by atoms with Gasteiger partial charge in [-0.25, -0.2) is 0 Å². The van der Waals surface area contributed by atoms with E-state index in [9.17, 15) is 9.59 Å². The maximum Gasteiger partial charge on any atom is 0.231 e. The molecular formula is C22H19N3O5. The first-order valence-corrected chi connectivity index (χ1v) is 9.88. The van der Waals surface area contributed by atoms with Gasteiger partial charge >= 0.3 is 0 Å². The van der Waals surface area contributed by atoms with Crippen molar-refractivity contribution in [1.29, 1.82) is 0 Å². The maximum absolute atomic E-state index is 13.3. The Hall–Kier alpha value is -3.39. The highest BCUT2D eigenvalue weighted by Gasteiger charge is 2.66. The van der Waals surface area contributed by atoms with Crippen molar-refractivity contribution in [2.45, 2.75) is 18.2 Å². The maximum atomic E-state index is 13.3.